The number of nitrogens with one attached hydrogen (secondary N) is 2. The Hall–Kier alpha value is -3.44. The molecule has 0 aliphatic heterocycles. The van der Waals surface area contributed by atoms with Crippen molar-refractivity contribution in [1.29, 1.82) is 0 Å². The summed E-state index contributed by atoms with van der Waals surface area (Å²) in [5, 5.41) is 26.2. The summed E-state index contributed by atoms with van der Waals surface area (Å²) in [5.41, 5.74) is 1.54. The minimum absolute atomic E-state index is 0.0282. The maximum absolute atomic E-state index is 12.7. The van der Waals surface area contributed by atoms with Crippen LogP contribution in [0.3, 0.4) is 0 Å². The van der Waals surface area contributed by atoms with Crippen LogP contribution in [-0.4, -0.2) is 37.3 Å². The zero-order chi connectivity index (χ0) is 25.7. The highest BCUT2D eigenvalue weighted by molar-refractivity contribution is 7.99. The minimum atomic E-state index is -0.484. The Bertz CT molecular complexity index is 1250. The van der Waals surface area contributed by atoms with Crippen LogP contribution < -0.4 is 10.6 Å². The van der Waals surface area contributed by atoms with Gasteiger partial charge in [-0.25, -0.2) is 0 Å². The van der Waals surface area contributed by atoms with Crippen LogP contribution in [0.5, 0.6) is 0 Å². The lowest BCUT2D eigenvalue weighted by molar-refractivity contribution is -0.384. The summed E-state index contributed by atoms with van der Waals surface area (Å²) in [4.78, 5) is 35.6. The molecule has 0 aliphatic rings. The number of aromatic nitrogens is 3. The van der Waals surface area contributed by atoms with Crippen LogP contribution in [0.25, 0.3) is 0 Å². The third-order valence-corrected chi connectivity index (χ3v) is 6.51. The number of anilines is 1. The number of non-ortho nitro benzene ring substituents is 1. The summed E-state index contributed by atoms with van der Waals surface area (Å²) >= 11 is 7.10. The smallest absolute Gasteiger partial charge is 0.269 e. The van der Waals surface area contributed by atoms with Gasteiger partial charge in [0, 0.05) is 35.5 Å². The molecule has 2 aromatic carbocycles. The van der Waals surface area contributed by atoms with Crippen LogP contribution in [0, 0.1) is 23.0 Å². The van der Waals surface area contributed by atoms with Gasteiger partial charge in [-0.3, -0.25) is 19.7 Å². The number of hydrogen-bond donors (Lipinski definition) is 2. The molecule has 0 spiro atoms. The molecular weight excluding hydrogens is 492 g/mol. The molecule has 3 rings (SSSR count). The average Bonchev–Trinajstić information content (AvgIpc) is 3.17. The van der Waals surface area contributed by atoms with Crippen molar-refractivity contribution in [1.82, 2.24) is 20.1 Å². The van der Waals surface area contributed by atoms with E-state index in [1.54, 1.807) is 42.8 Å². The van der Waals surface area contributed by atoms with Crippen LogP contribution in [0.2, 0.25) is 5.02 Å². The third-order valence-electron chi connectivity index (χ3n) is 5.23. The number of carbonyl (C=O) groups excluding carboxylic acids is 2. The highest BCUT2D eigenvalue weighted by Gasteiger charge is 2.25. The second kappa shape index (κ2) is 11.3. The van der Waals surface area contributed by atoms with Crippen molar-refractivity contribution in [3.63, 3.8) is 0 Å². The van der Waals surface area contributed by atoms with Gasteiger partial charge in [0.1, 0.15) is 0 Å². The standard InChI is InChI=1S/C23H25ClN6O4S/c1-13(2)20(26-22(32)15-5-7-16(24)8-6-15)21-27-28-23(29(21)4)35-12-19(31)25-18-10-9-17(30(33)34)11-14(18)3/h5-11,13,20H,12H2,1-4H3,(H,25,31)(H,26,32). The van der Waals surface area contributed by atoms with E-state index < -0.39 is 11.0 Å². The molecule has 1 aromatic heterocycles. The molecule has 184 valence electrons. The predicted molar refractivity (Wildman–Crippen MR) is 135 cm³/mol. The molecule has 1 atom stereocenters. The number of nitro groups is 1. The maximum atomic E-state index is 12.7. The molecule has 1 heterocycles. The highest BCUT2D eigenvalue weighted by Crippen LogP contribution is 2.25. The number of aryl methyl sites for hydroxylation is 1. The van der Waals surface area contributed by atoms with Crippen molar-refractivity contribution < 1.29 is 14.5 Å². The van der Waals surface area contributed by atoms with Gasteiger partial charge in [-0.2, -0.15) is 0 Å². The Balaban J connectivity index is 1.65. The zero-order valence-corrected chi connectivity index (χ0v) is 21.2. The normalized spacial score (nSPS) is 11.8. The Morgan fingerprint density at radius 3 is 2.46 bits per heavy atom. The number of amides is 2. The zero-order valence-electron chi connectivity index (χ0n) is 19.6. The van der Waals surface area contributed by atoms with Gasteiger partial charge in [0.05, 0.1) is 16.7 Å². The van der Waals surface area contributed by atoms with Crippen molar-refractivity contribution >= 4 is 46.6 Å². The minimum Gasteiger partial charge on any atom is -0.342 e. The summed E-state index contributed by atoms with van der Waals surface area (Å²) in [5.74, 6) is 0.117. The van der Waals surface area contributed by atoms with Crippen molar-refractivity contribution in [2.45, 2.75) is 32.0 Å². The van der Waals surface area contributed by atoms with Crippen molar-refractivity contribution in [2.24, 2.45) is 13.0 Å². The van der Waals surface area contributed by atoms with E-state index >= 15 is 0 Å². The Labute approximate surface area is 211 Å². The molecule has 0 saturated heterocycles. The SMILES string of the molecule is Cc1cc([N+](=O)[O-])ccc1NC(=O)CSc1nnc(C(NC(=O)c2ccc(Cl)cc2)C(C)C)n1C. The van der Waals surface area contributed by atoms with Gasteiger partial charge < -0.3 is 15.2 Å². The summed E-state index contributed by atoms with van der Waals surface area (Å²) in [6.45, 7) is 5.62. The molecule has 0 radical (unpaired) electrons. The number of nitro benzene ring substituents is 1. The van der Waals surface area contributed by atoms with Crippen molar-refractivity contribution in [3.8, 4) is 0 Å². The molecular formula is C23H25ClN6O4S. The van der Waals surface area contributed by atoms with Gasteiger partial charge in [0.25, 0.3) is 11.6 Å². The molecule has 0 saturated carbocycles. The fourth-order valence-electron chi connectivity index (χ4n) is 3.30. The largest absolute Gasteiger partial charge is 0.342 e. The van der Waals surface area contributed by atoms with Gasteiger partial charge in [-0.15, -0.1) is 10.2 Å². The first-order valence-corrected chi connectivity index (χ1v) is 12.1. The molecule has 0 aliphatic carbocycles. The Kier molecular flexibility index (Phi) is 8.47. The van der Waals surface area contributed by atoms with Crippen LogP contribution in [0.1, 0.15) is 41.6 Å². The summed E-state index contributed by atoms with van der Waals surface area (Å²) < 4.78 is 1.75. The third kappa shape index (κ3) is 6.58. The molecule has 0 fully saturated rings. The fourth-order valence-corrected chi connectivity index (χ4v) is 4.14. The van der Waals surface area contributed by atoms with Crippen LogP contribution in [-0.2, 0) is 11.8 Å². The molecule has 12 heteroatoms. The Morgan fingerprint density at radius 1 is 1.17 bits per heavy atom. The van der Waals surface area contributed by atoms with E-state index in [1.165, 1.54) is 30.0 Å². The lowest BCUT2D eigenvalue weighted by Crippen LogP contribution is -2.33. The van der Waals surface area contributed by atoms with Crippen LogP contribution in [0.15, 0.2) is 47.6 Å². The molecule has 10 nitrogen and oxygen atoms in total. The van der Waals surface area contributed by atoms with E-state index in [-0.39, 0.29) is 29.2 Å². The molecule has 2 amide bonds. The molecule has 35 heavy (non-hydrogen) atoms. The number of hydrogen-bond acceptors (Lipinski definition) is 7. The maximum Gasteiger partial charge on any atom is 0.269 e. The summed E-state index contributed by atoms with van der Waals surface area (Å²) in [6, 6.07) is 10.5. The first kappa shape index (κ1) is 26.2. The number of thioether (sulfide) groups is 1. The monoisotopic (exact) mass is 516 g/mol. The van der Waals surface area contributed by atoms with Gasteiger partial charge in [-0.1, -0.05) is 37.2 Å². The molecule has 2 N–H and O–H groups in total. The second-order valence-electron chi connectivity index (χ2n) is 8.20. The average molecular weight is 517 g/mol. The quantitative estimate of drug-likeness (QED) is 0.242. The molecule has 0 bridgehead atoms. The van der Waals surface area contributed by atoms with E-state index in [9.17, 15) is 19.7 Å². The predicted octanol–water partition coefficient (Wildman–Crippen LogP) is 4.54. The lowest BCUT2D eigenvalue weighted by Gasteiger charge is -2.21. The lowest BCUT2D eigenvalue weighted by atomic mass is 10.0. The highest BCUT2D eigenvalue weighted by atomic mass is 35.5. The van der Waals surface area contributed by atoms with E-state index in [0.29, 0.717) is 32.8 Å². The number of carbonyl (C=O) groups is 2. The fraction of sp³-hybridized carbons (Fsp3) is 0.304. The first-order chi connectivity index (χ1) is 16.6. The van der Waals surface area contributed by atoms with Crippen LogP contribution in [0.4, 0.5) is 11.4 Å². The van der Waals surface area contributed by atoms with E-state index in [1.807, 2.05) is 13.8 Å². The van der Waals surface area contributed by atoms with Gasteiger partial charge in [0.15, 0.2) is 11.0 Å². The molecule has 3 aromatic rings. The number of benzene rings is 2. The number of rotatable bonds is 9. The van der Waals surface area contributed by atoms with E-state index in [2.05, 4.69) is 20.8 Å². The van der Waals surface area contributed by atoms with Gasteiger partial charge in [0.2, 0.25) is 5.91 Å². The summed E-state index contributed by atoms with van der Waals surface area (Å²) in [6.07, 6.45) is 0. The van der Waals surface area contributed by atoms with Crippen molar-refractivity contribution in [2.75, 3.05) is 11.1 Å². The molecule has 1 unspecified atom stereocenters. The second-order valence-corrected chi connectivity index (χ2v) is 9.57. The number of nitrogens with zero attached hydrogens (tertiary/aromatic N) is 4. The summed E-state index contributed by atoms with van der Waals surface area (Å²) in [7, 11) is 1.78. The first-order valence-electron chi connectivity index (χ1n) is 10.7. The van der Waals surface area contributed by atoms with E-state index in [0.717, 1.165) is 0 Å². The van der Waals surface area contributed by atoms with Crippen LogP contribution >= 0.6 is 23.4 Å². The van der Waals surface area contributed by atoms with E-state index in [4.69, 9.17) is 11.6 Å². The number of halogens is 1. The van der Waals surface area contributed by atoms with Crippen molar-refractivity contribution in [3.05, 3.63) is 74.6 Å². The van der Waals surface area contributed by atoms with Gasteiger partial charge >= 0.3 is 0 Å². The van der Waals surface area contributed by atoms with Gasteiger partial charge in [-0.05, 0) is 48.7 Å². The Morgan fingerprint density at radius 2 is 1.86 bits per heavy atom. The topological polar surface area (TPSA) is 132 Å².